The van der Waals surface area contributed by atoms with E-state index in [9.17, 15) is 9.90 Å². The number of aliphatic hydroxyl groups excluding tert-OH is 1. The maximum Gasteiger partial charge on any atom is 0.251 e. The molecule has 0 aliphatic carbocycles. The van der Waals surface area contributed by atoms with Crippen molar-refractivity contribution in [2.45, 2.75) is 26.0 Å². The lowest BCUT2D eigenvalue weighted by molar-refractivity contribution is 0.175. The Kier molecular flexibility index (Phi) is 4.88. The van der Waals surface area contributed by atoms with Crippen LogP contribution in [0.5, 0.6) is 0 Å². The van der Waals surface area contributed by atoms with Gasteiger partial charge in [-0.1, -0.05) is 42.5 Å². The highest BCUT2D eigenvalue weighted by Gasteiger charge is 2.19. The van der Waals surface area contributed by atoms with E-state index in [0.29, 0.717) is 11.5 Å². The van der Waals surface area contributed by atoms with Gasteiger partial charge >= 0.3 is 0 Å². The molecule has 0 amide bonds. The standard InChI is InChI=1S/C22H23N3O2/c1-15-11-21(27)24-22(23-15)18-7-5-17(6-8-18)19-4-2-3-16(12-19)13-25-10-9-20(26)14-25/h2-8,11-12,20,26H,9-10,13-14H2,1H3,(H,23,24,27). The minimum atomic E-state index is -0.192. The molecule has 1 unspecified atom stereocenters. The summed E-state index contributed by atoms with van der Waals surface area (Å²) in [7, 11) is 0. The van der Waals surface area contributed by atoms with Crippen molar-refractivity contribution in [2.75, 3.05) is 13.1 Å². The number of rotatable bonds is 4. The summed E-state index contributed by atoms with van der Waals surface area (Å²) in [6.45, 7) is 4.37. The summed E-state index contributed by atoms with van der Waals surface area (Å²) >= 11 is 0. The van der Waals surface area contributed by atoms with Gasteiger partial charge in [-0.05, 0) is 36.1 Å². The molecule has 0 bridgehead atoms. The highest BCUT2D eigenvalue weighted by Crippen LogP contribution is 2.24. The number of aryl methyl sites for hydroxylation is 1. The van der Waals surface area contributed by atoms with Crippen molar-refractivity contribution in [3.05, 3.63) is 76.2 Å². The Bertz CT molecular complexity index is 995. The SMILES string of the molecule is Cc1cc(=O)[nH]c(-c2ccc(-c3cccc(CN4CCC(O)C4)c3)cc2)n1. The smallest absolute Gasteiger partial charge is 0.251 e. The number of nitrogens with zero attached hydrogens (tertiary/aromatic N) is 2. The highest BCUT2D eigenvalue weighted by molar-refractivity contribution is 5.68. The van der Waals surface area contributed by atoms with Crippen molar-refractivity contribution in [3.8, 4) is 22.5 Å². The Labute approximate surface area is 158 Å². The van der Waals surface area contributed by atoms with Gasteiger partial charge in [0.2, 0.25) is 0 Å². The number of nitrogens with one attached hydrogen (secondary N) is 1. The van der Waals surface area contributed by atoms with Gasteiger partial charge in [-0.25, -0.2) is 4.98 Å². The molecule has 1 aliphatic heterocycles. The number of H-pyrrole nitrogens is 1. The van der Waals surface area contributed by atoms with Gasteiger partial charge < -0.3 is 10.1 Å². The van der Waals surface area contributed by atoms with Crippen LogP contribution >= 0.6 is 0 Å². The van der Waals surface area contributed by atoms with E-state index in [0.717, 1.165) is 42.7 Å². The van der Waals surface area contributed by atoms with Gasteiger partial charge in [0.1, 0.15) is 5.82 Å². The van der Waals surface area contributed by atoms with Crippen LogP contribution in [0.4, 0.5) is 0 Å². The molecule has 5 nitrogen and oxygen atoms in total. The summed E-state index contributed by atoms with van der Waals surface area (Å²) in [4.78, 5) is 21.1. The van der Waals surface area contributed by atoms with Gasteiger partial charge in [0.05, 0.1) is 6.10 Å². The fourth-order valence-electron chi connectivity index (χ4n) is 3.60. The molecule has 138 valence electrons. The van der Waals surface area contributed by atoms with Gasteiger partial charge in [-0.15, -0.1) is 0 Å². The average molecular weight is 361 g/mol. The molecule has 27 heavy (non-hydrogen) atoms. The Balaban J connectivity index is 1.55. The van der Waals surface area contributed by atoms with Crippen molar-refractivity contribution in [1.29, 1.82) is 0 Å². The third kappa shape index (κ3) is 4.15. The molecule has 2 aromatic carbocycles. The molecule has 1 aliphatic rings. The number of likely N-dealkylation sites (tertiary alicyclic amines) is 1. The largest absolute Gasteiger partial charge is 0.392 e. The first-order valence-electron chi connectivity index (χ1n) is 9.25. The molecular formula is C22H23N3O2. The molecule has 1 saturated heterocycles. The van der Waals surface area contributed by atoms with Gasteiger partial charge in [0, 0.05) is 37.0 Å². The lowest BCUT2D eigenvalue weighted by Crippen LogP contribution is -2.21. The van der Waals surface area contributed by atoms with Crippen LogP contribution in [0.15, 0.2) is 59.4 Å². The number of hydrogen-bond acceptors (Lipinski definition) is 4. The molecule has 0 saturated carbocycles. The summed E-state index contributed by atoms with van der Waals surface area (Å²) in [5.41, 5.74) is 4.98. The summed E-state index contributed by atoms with van der Waals surface area (Å²) < 4.78 is 0. The number of aromatic nitrogens is 2. The Morgan fingerprint density at radius 2 is 1.89 bits per heavy atom. The quantitative estimate of drug-likeness (QED) is 0.750. The van der Waals surface area contributed by atoms with Crippen LogP contribution in [0.25, 0.3) is 22.5 Å². The molecule has 1 fully saturated rings. The first-order valence-corrected chi connectivity index (χ1v) is 9.25. The van der Waals surface area contributed by atoms with E-state index in [2.05, 4.69) is 51.3 Å². The zero-order valence-corrected chi connectivity index (χ0v) is 15.4. The lowest BCUT2D eigenvalue weighted by Gasteiger charge is -2.15. The van der Waals surface area contributed by atoms with E-state index in [1.165, 1.54) is 11.6 Å². The van der Waals surface area contributed by atoms with Gasteiger partial charge in [-0.3, -0.25) is 9.69 Å². The first-order chi connectivity index (χ1) is 13.1. The van der Waals surface area contributed by atoms with E-state index in [1.807, 2.05) is 19.1 Å². The second-order valence-corrected chi connectivity index (χ2v) is 7.19. The molecule has 1 aromatic heterocycles. The number of β-amino-alcohol motifs (C(OH)–C–C–N with tert-alkyl or cyclic N) is 1. The molecule has 4 rings (SSSR count). The van der Waals surface area contributed by atoms with Crippen LogP contribution in [0.3, 0.4) is 0 Å². The third-order valence-corrected chi connectivity index (χ3v) is 4.94. The second kappa shape index (κ2) is 7.47. The van der Waals surface area contributed by atoms with E-state index in [-0.39, 0.29) is 11.7 Å². The Morgan fingerprint density at radius 1 is 1.11 bits per heavy atom. The molecular weight excluding hydrogens is 338 g/mol. The maximum atomic E-state index is 11.7. The van der Waals surface area contributed by atoms with E-state index < -0.39 is 0 Å². The molecule has 0 radical (unpaired) electrons. The molecule has 3 aromatic rings. The van der Waals surface area contributed by atoms with Crippen molar-refractivity contribution < 1.29 is 5.11 Å². The van der Waals surface area contributed by atoms with E-state index in [4.69, 9.17) is 0 Å². The van der Waals surface area contributed by atoms with Crippen molar-refractivity contribution in [3.63, 3.8) is 0 Å². The summed E-state index contributed by atoms with van der Waals surface area (Å²) in [5, 5.41) is 9.70. The number of hydrogen-bond donors (Lipinski definition) is 2. The zero-order valence-electron chi connectivity index (χ0n) is 15.4. The zero-order chi connectivity index (χ0) is 18.8. The van der Waals surface area contributed by atoms with Crippen LogP contribution in [0.1, 0.15) is 17.7 Å². The molecule has 2 N–H and O–H groups in total. The first kappa shape index (κ1) is 17.6. The molecule has 0 spiro atoms. The summed E-state index contributed by atoms with van der Waals surface area (Å²) in [6.07, 6.45) is 0.665. The van der Waals surface area contributed by atoms with E-state index in [1.54, 1.807) is 0 Å². The topological polar surface area (TPSA) is 69.2 Å². The monoisotopic (exact) mass is 361 g/mol. The summed E-state index contributed by atoms with van der Waals surface area (Å²) in [5.74, 6) is 0.591. The van der Waals surface area contributed by atoms with Crippen LogP contribution in [-0.4, -0.2) is 39.2 Å². The maximum absolute atomic E-state index is 11.7. The normalized spacial score (nSPS) is 17.3. The van der Waals surface area contributed by atoms with Crippen LogP contribution in [0.2, 0.25) is 0 Å². The predicted octanol–water partition coefficient (Wildman–Crippen LogP) is 2.98. The highest BCUT2D eigenvalue weighted by atomic mass is 16.3. The van der Waals surface area contributed by atoms with Crippen molar-refractivity contribution >= 4 is 0 Å². The second-order valence-electron chi connectivity index (χ2n) is 7.19. The molecule has 2 heterocycles. The van der Waals surface area contributed by atoms with Crippen LogP contribution < -0.4 is 5.56 Å². The van der Waals surface area contributed by atoms with Gasteiger partial charge in [-0.2, -0.15) is 0 Å². The minimum Gasteiger partial charge on any atom is -0.392 e. The molecule has 1 atom stereocenters. The van der Waals surface area contributed by atoms with Crippen molar-refractivity contribution in [1.82, 2.24) is 14.9 Å². The van der Waals surface area contributed by atoms with Crippen molar-refractivity contribution in [2.24, 2.45) is 0 Å². The number of aromatic amines is 1. The third-order valence-electron chi connectivity index (χ3n) is 4.94. The Morgan fingerprint density at radius 3 is 2.59 bits per heavy atom. The Hall–Kier alpha value is -2.76. The van der Waals surface area contributed by atoms with Gasteiger partial charge in [0.15, 0.2) is 0 Å². The summed E-state index contributed by atoms with van der Waals surface area (Å²) in [6, 6.07) is 18.1. The molecule has 5 heteroatoms. The van der Waals surface area contributed by atoms with Crippen LogP contribution in [0, 0.1) is 6.92 Å². The lowest BCUT2D eigenvalue weighted by atomic mass is 10.0. The number of aliphatic hydroxyl groups is 1. The van der Waals surface area contributed by atoms with Crippen LogP contribution in [-0.2, 0) is 6.54 Å². The van der Waals surface area contributed by atoms with E-state index >= 15 is 0 Å². The average Bonchev–Trinajstić information content (AvgIpc) is 3.06. The fourth-order valence-corrected chi connectivity index (χ4v) is 3.60. The predicted molar refractivity (Wildman–Crippen MR) is 106 cm³/mol. The van der Waals surface area contributed by atoms with Gasteiger partial charge in [0.25, 0.3) is 5.56 Å². The fraction of sp³-hybridized carbons (Fsp3) is 0.273. The minimum absolute atomic E-state index is 0.138. The number of benzene rings is 2.